The number of rotatable bonds is 3. The van der Waals surface area contributed by atoms with Crippen LogP contribution in [-0.4, -0.2) is 57.9 Å². The predicted molar refractivity (Wildman–Crippen MR) is 84.9 cm³/mol. The Morgan fingerprint density at radius 2 is 1.52 bits per heavy atom. The Balaban J connectivity index is 2.19. The van der Waals surface area contributed by atoms with Crippen LogP contribution < -0.4 is 9.64 Å². The summed E-state index contributed by atoms with van der Waals surface area (Å²) in [6.07, 6.45) is 0. The van der Waals surface area contributed by atoms with Crippen molar-refractivity contribution in [1.82, 2.24) is 0 Å². The molecule has 1 aromatic rings. The van der Waals surface area contributed by atoms with Crippen molar-refractivity contribution >= 4 is 29.2 Å². The van der Waals surface area contributed by atoms with Crippen molar-refractivity contribution in [2.24, 2.45) is 11.8 Å². The molecule has 2 aliphatic rings. The van der Waals surface area contributed by atoms with Crippen LogP contribution in [0.1, 0.15) is 20.7 Å². The van der Waals surface area contributed by atoms with Gasteiger partial charge in [0.05, 0.1) is 32.6 Å². The Kier molecular flexibility index (Phi) is 4.20. The van der Waals surface area contributed by atoms with Crippen LogP contribution in [-0.2, 0) is 19.1 Å². The maximum Gasteiger partial charge on any atom is 0.318 e. The number of hydrogen-bond acceptors (Lipinski definition) is 8. The molecule has 8 nitrogen and oxygen atoms in total. The van der Waals surface area contributed by atoms with Gasteiger partial charge in [-0.1, -0.05) is 0 Å². The van der Waals surface area contributed by atoms with Crippen molar-refractivity contribution in [1.29, 1.82) is 0 Å². The van der Waals surface area contributed by atoms with E-state index >= 15 is 0 Å². The molecule has 2 unspecified atom stereocenters. The second-order valence-corrected chi connectivity index (χ2v) is 5.82. The van der Waals surface area contributed by atoms with E-state index in [1.165, 1.54) is 33.5 Å². The molecule has 25 heavy (non-hydrogen) atoms. The first-order valence-electron chi connectivity index (χ1n) is 7.64. The van der Waals surface area contributed by atoms with E-state index in [0.717, 1.165) is 0 Å². The number of ketones is 2. The first-order valence-corrected chi connectivity index (χ1v) is 7.64. The Bertz CT molecular complexity index is 783. The normalized spacial score (nSPS) is 21.5. The summed E-state index contributed by atoms with van der Waals surface area (Å²) in [6, 6.07) is 3.01. The minimum atomic E-state index is -1.05. The van der Waals surface area contributed by atoms with Gasteiger partial charge in [-0.25, -0.2) is 0 Å². The van der Waals surface area contributed by atoms with Crippen LogP contribution >= 0.6 is 0 Å². The van der Waals surface area contributed by atoms with E-state index in [2.05, 4.69) is 0 Å². The number of methoxy groups -OCH3 is 3. The van der Waals surface area contributed by atoms with E-state index in [1.54, 1.807) is 4.90 Å². The summed E-state index contributed by atoms with van der Waals surface area (Å²) < 4.78 is 14.7. The van der Waals surface area contributed by atoms with E-state index in [1.807, 2.05) is 0 Å². The quantitative estimate of drug-likeness (QED) is 0.575. The van der Waals surface area contributed by atoms with Gasteiger partial charge in [-0.2, -0.15) is 0 Å². The number of hydrogen-bond donors (Lipinski definition) is 0. The first kappa shape index (κ1) is 16.9. The zero-order valence-corrected chi connectivity index (χ0v) is 14.0. The van der Waals surface area contributed by atoms with Crippen LogP contribution in [0.4, 0.5) is 5.69 Å². The molecule has 8 heteroatoms. The number of benzene rings is 1. The van der Waals surface area contributed by atoms with Gasteiger partial charge in [0.25, 0.3) is 0 Å². The van der Waals surface area contributed by atoms with Crippen molar-refractivity contribution in [3.8, 4) is 5.75 Å². The molecule has 3 rings (SSSR count). The number of carbonyl (C=O) groups is 4. The summed E-state index contributed by atoms with van der Waals surface area (Å²) in [4.78, 5) is 51.1. The van der Waals surface area contributed by atoms with Crippen LogP contribution in [0.25, 0.3) is 0 Å². The number of esters is 2. The molecular formula is C17H17NO7. The Morgan fingerprint density at radius 3 is 2.04 bits per heavy atom. The van der Waals surface area contributed by atoms with Gasteiger partial charge < -0.3 is 19.1 Å². The predicted octanol–water partition coefficient (Wildman–Crippen LogP) is 0.473. The number of nitrogens with zero attached hydrogens (tertiary/aromatic N) is 1. The largest absolute Gasteiger partial charge is 0.496 e. The molecule has 0 saturated heterocycles. The molecule has 1 aromatic carbocycles. The van der Waals surface area contributed by atoms with E-state index in [4.69, 9.17) is 14.2 Å². The average molecular weight is 347 g/mol. The molecule has 2 aliphatic heterocycles. The fourth-order valence-corrected chi connectivity index (χ4v) is 3.38. The number of ether oxygens (including phenoxy) is 3. The molecule has 2 atom stereocenters. The molecule has 0 saturated carbocycles. The lowest BCUT2D eigenvalue weighted by Gasteiger charge is -2.40. The van der Waals surface area contributed by atoms with Crippen molar-refractivity contribution in [2.45, 2.75) is 0 Å². The van der Waals surface area contributed by atoms with Crippen LogP contribution in [0.3, 0.4) is 0 Å². The van der Waals surface area contributed by atoms with Crippen LogP contribution in [0.15, 0.2) is 12.1 Å². The second-order valence-electron chi connectivity index (χ2n) is 5.82. The Morgan fingerprint density at radius 1 is 0.960 bits per heavy atom. The summed E-state index contributed by atoms with van der Waals surface area (Å²) in [7, 11) is 3.82. The van der Waals surface area contributed by atoms with Crippen molar-refractivity contribution in [2.75, 3.05) is 39.3 Å². The molecule has 0 bridgehead atoms. The maximum atomic E-state index is 12.8. The third kappa shape index (κ3) is 2.45. The highest BCUT2D eigenvalue weighted by molar-refractivity contribution is 6.21. The standard InChI is InChI=1S/C17H17NO7/c1-23-11-5-4-8-13-12(11)15(20)10(17(22)25-3)7-18(13)6-9(14(8)19)16(21)24-2/h4-5,9-10H,6-7H2,1-3H3. The number of anilines is 1. The minimum absolute atomic E-state index is 0.0272. The van der Waals surface area contributed by atoms with E-state index in [0.29, 0.717) is 5.69 Å². The molecule has 0 radical (unpaired) electrons. The van der Waals surface area contributed by atoms with Crippen LogP contribution in [0, 0.1) is 11.8 Å². The Hall–Kier alpha value is -2.90. The van der Waals surface area contributed by atoms with Crippen LogP contribution in [0.5, 0.6) is 5.75 Å². The molecule has 0 fully saturated rings. The highest BCUT2D eigenvalue weighted by Gasteiger charge is 2.46. The van der Waals surface area contributed by atoms with Crippen molar-refractivity contribution in [3.05, 3.63) is 23.3 Å². The highest BCUT2D eigenvalue weighted by atomic mass is 16.5. The Labute approximate surface area is 143 Å². The third-order valence-electron chi connectivity index (χ3n) is 4.60. The van der Waals surface area contributed by atoms with Crippen LogP contribution in [0.2, 0.25) is 0 Å². The van der Waals surface area contributed by atoms with Gasteiger partial charge in [0.15, 0.2) is 11.6 Å². The van der Waals surface area contributed by atoms with Crippen molar-refractivity contribution < 1.29 is 33.4 Å². The summed E-state index contributed by atoms with van der Waals surface area (Å²) in [5.41, 5.74) is 0.807. The van der Waals surface area contributed by atoms with Gasteiger partial charge in [0.1, 0.15) is 17.6 Å². The minimum Gasteiger partial charge on any atom is -0.496 e. The van der Waals surface area contributed by atoms with E-state index < -0.39 is 35.3 Å². The summed E-state index contributed by atoms with van der Waals surface area (Å²) in [6.45, 7) is 0.0545. The molecule has 0 aromatic heterocycles. The lowest BCUT2D eigenvalue weighted by atomic mass is 9.82. The summed E-state index contributed by atoms with van der Waals surface area (Å²) in [5.74, 6) is -3.98. The topological polar surface area (TPSA) is 99.2 Å². The zero-order chi connectivity index (χ0) is 18.3. The van der Waals surface area contributed by atoms with Gasteiger partial charge in [0, 0.05) is 18.7 Å². The lowest BCUT2D eigenvalue weighted by Crippen LogP contribution is -2.51. The molecule has 0 aliphatic carbocycles. The fraction of sp³-hybridized carbons (Fsp3) is 0.412. The fourth-order valence-electron chi connectivity index (χ4n) is 3.38. The molecule has 2 heterocycles. The van der Waals surface area contributed by atoms with Crippen molar-refractivity contribution in [3.63, 3.8) is 0 Å². The van der Waals surface area contributed by atoms with Gasteiger partial charge in [-0.3, -0.25) is 19.2 Å². The van der Waals surface area contributed by atoms with Gasteiger partial charge >= 0.3 is 11.9 Å². The van der Waals surface area contributed by atoms with E-state index in [9.17, 15) is 19.2 Å². The molecular weight excluding hydrogens is 330 g/mol. The number of Topliss-reactive ketones (excluding diaryl/α,β-unsaturated/α-hetero) is 2. The average Bonchev–Trinajstić information content (AvgIpc) is 2.64. The SMILES string of the molecule is COC(=O)C1CN2CC(C(=O)OC)C(=O)c3c(OC)ccc(c32)C1=O. The monoisotopic (exact) mass is 347 g/mol. The third-order valence-corrected chi connectivity index (χ3v) is 4.60. The smallest absolute Gasteiger partial charge is 0.318 e. The summed E-state index contributed by atoms with van der Waals surface area (Å²) in [5, 5.41) is 0. The number of carbonyl (C=O) groups excluding carboxylic acids is 4. The van der Waals surface area contributed by atoms with Gasteiger partial charge in [0.2, 0.25) is 0 Å². The lowest BCUT2D eigenvalue weighted by molar-refractivity contribution is -0.143. The first-order chi connectivity index (χ1) is 11.9. The zero-order valence-electron chi connectivity index (χ0n) is 14.0. The van der Waals surface area contributed by atoms with Gasteiger partial charge in [-0.15, -0.1) is 0 Å². The van der Waals surface area contributed by atoms with Gasteiger partial charge in [-0.05, 0) is 12.1 Å². The maximum absolute atomic E-state index is 12.8. The molecule has 0 spiro atoms. The summed E-state index contributed by atoms with van der Waals surface area (Å²) >= 11 is 0. The van der Waals surface area contributed by atoms with E-state index in [-0.39, 0.29) is 30.0 Å². The molecule has 0 N–H and O–H groups in total. The second kappa shape index (κ2) is 6.19. The molecule has 0 amide bonds. The highest BCUT2D eigenvalue weighted by Crippen LogP contribution is 2.43. The molecule has 132 valence electrons.